The van der Waals surface area contributed by atoms with Crippen LogP contribution in [0, 0.1) is 5.92 Å². The van der Waals surface area contributed by atoms with Gasteiger partial charge in [-0.2, -0.15) is 0 Å². The highest BCUT2D eigenvalue weighted by atomic mass is 16.1. The summed E-state index contributed by atoms with van der Waals surface area (Å²) in [5.41, 5.74) is 0. The number of carbonyl (C=O) groups is 1. The Bertz CT molecular complexity index is 178. The molecule has 1 aliphatic rings. The highest BCUT2D eigenvalue weighted by molar-refractivity contribution is 5.77. The van der Waals surface area contributed by atoms with Gasteiger partial charge in [0.05, 0.1) is 6.54 Å². The van der Waals surface area contributed by atoms with E-state index in [4.69, 9.17) is 0 Å². The first-order chi connectivity index (χ1) is 6.68. The summed E-state index contributed by atoms with van der Waals surface area (Å²) in [6.45, 7) is 3.15. The maximum Gasteiger partial charge on any atom is 0.233 e. The van der Waals surface area contributed by atoms with Gasteiger partial charge in [-0.05, 0) is 32.9 Å². The second-order valence-corrected chi connectivity index (χ2v) is 4.23. The molecule has 4 heteroatoms. The number of nitrogens with one attached hydrogen (secondary N) is 2. The lowest BCUT2D eigenvalue weighted by Crippen LogP contribution is -2.37. The molecular formula is C10H21N3O. The summed E-state index contributed by atoms with van der Waals surface area (Å²) >= 11 is 0. The van der Waals surface area contributed by atoms with Crippen molar-refractivity contribution >= 4 is 5.91 Å². The standard InChI is InChI=1S/C10H21N3O/c1-13(2)6-5-11-8-10(14)12-7-9-3-4-9/h9,11H,3-8H2,1-2H3,(H,12,14). The predicted octanol–water partition coefficient (Wildman–Crippen LogP) is -0.336. The van der Waals surface area contributed by atoms with E-state index >= 15 is 0 Å². The molecule has 0 heterocycles. The summed E-state index contributed by atoms with van der Waals surface area (Å²) in [6, 6.07) is 0. The summed E-state index contributed by atoms with van der Waals surface area (Å²) in [5, 5.41) is 6.02. The number of rotatable bonds is 7. The normalized spacial score (nSPS) is 15.9. The Balaban J connectivity index is 1.86. The number of hydrogen-bond donors (Lipinski definition) is 2. The molecule has 0 saturated heterocycles. The molecule has 1 fully saturated rings. The van der Waals surface area contributed by atoms with E-state index in [9.17, 15) is 4.79 Å². The van der Waals surface area contributed by atoms with Crippen molar-refractivity contribution in [1.29, 1.82) is 0 Å². The molecule has 0 aromatic heterocycles. The lowest BCUT2D eigenvalue weighted by Gasteiger charge is -2.10. The molecule has 0 aliphatic heterocycles. The van der Waals surface area contributed by atoms with Crippen LogP contribution in [0.2, 0.25) is 0 Å². The second kappa shape index (κ2) is 5.98. The average Bonchev–Trinajstić information content (AvgIpc) is 2.92. The minimum absolute atomic E-state index is 0.121. The predicted molar refractivity (Wildman–Crippen MR) is 57.2 cm³/mol. The Morgan fingerprint density at radius 2 is 2.14 bits per heavy atom. The molecule has 0 spiro atoms. The molecule has 2 N–H and O–H groups in total. The van der Waals surface area contributed by atoms with Crippen molar-refractivity contribution < 1.29 is 4.79 Å². The lowest BCUT2D eigenvalue weighted by molar-refractivity contribution is -0.120. The number of amides is 1. The Labute approximate surface area is 86.0 Å². The van der Waals surface area contributed by atoms with E-state index in [1.165, 1.54) is 12.8 Å². The molecule has 0 bridgehead atoms. The van der Waals surface area contributed by atoms with Crippen LogP contribution < -0.4 is 10.6 Å². The van der Waals surface area contributed by atoms with Crippen molar-refractivity contribution in [3.8, 4) is 0 Å². The second-order valence-electron chi connectivity index (χ2n) is 4.23. The van der Waals surface area contributed by atoms with Crippen molar-refractivity contribution in [2.24, 2.45) is 5.92 Å². The van der Waals surface area contributed by atoms with Gasteiger partial charge in [-0.1, -0.05) is 0 Å². The molecule has 1 amide bonds. The van der Waals surface area contributed by atoms with E-state index < -0.39 is 0 Å². The van der Waals surface area contributed by atoms with Crippen LogP contribution in [0.3, 0.4) is 0 Å². The van der Waals surface area contributed by atoms with E-state index in [-0.39, 0.29) is 5.91 Å². The Hall–Kier alpha value is -0.610. The maximum atomic E-state index is 11.2. The zero-order chi connectivity index (χ0) is 10.4. The molecule has 1 saturated carbocycles. The molecule has 0 atom stereocenters. The van der Waals surface area contributed by atoms with Gasteiger partial charge < -0.3 is 15.5 Å². The quantitative estimate of drug-likeness (QED) is 0.552. The first-order valence-electron chi connectivity index (χ1n) is 5.30. The van der Waals surface area contributed by atoms with Gasteiger partial charge in [0.1, 0.15) is 0 Å². The lowest BCUT2D eigenvalue weighted by atomic mass is 10.4. The van der Waals surface area contributed by atoms with Crippen molar-refractivity contribution in [1.82, 2.24) is 15.5 Å². The SMILES string of the molecule is CN(C)CCNCC(=O)NCC1CC1. The first kappa shape index (κ1) is 11.5. The monoisotopic (exact) mass is 199 g/mol. The van der Waals surface area contributed by atoms with Crippen LogP contribution in [0.1, 0.15) is 12.8 Å². The topological polar surface area (TPSA) is 44.4 Å². The Morgan fingerprint density at radius 3 is 2.71 bits per heavy atom. The third kappa shape index (κ3) is 5.94. The number of nitrogens with zero attached hydrogens (tertiary/aromatic N) is 1. The number of hydrogen-bond acceptors (Lipinski definition) is 3. The summed E-state index contributed by atoms with van der Waals surface area (Å²) in [4.78, 5) is 13.3. The maximum absolute atomic E-state index is 11.2. The molecule has 0 aromatic rings. The highest BCUT2D eigenvalue weighted by Crippen LogP contribution is 2.27. The Morgan fingerprint density at radius 1 is 1.43 bits per heavy atom. The van der Waals surface area contributed by atoms with Gasteiger partial charge >= 0.3 is 0 Å². The van der Waals surface area contributed by atoms with Gasteiger partial charge in [0.15, 0.2) is 0 Å². The number of likely N-dealkylation sites (N-methyl/N-ethyl adjacent to an activating group) is 1. The van der Waals surface area contributed by atoms with Crippen LogP contribution in [-0.4, -0.2) is 51.1 Å². The van der Waals surface area contributed by atoms with Gasteiger partial charge in [0, 0.05) is 19.6 Å². The van der Waals surface area contributed by atoms with E-state index in [0.717, 1.165) is 25.6 Å². The first-order valence-corrected chi connectivity index (χ1v) is 5.30. The molecule has 0 unspecified atom stereocenters. The van der Waals surface area contributed by atoms with Crippen LogP contribution in [0.4, 0.5) is 0 Å². The van der Waals surface area contributed by atoms with E-state index in [1.54, 1.807) is 0 Å². The van der Waals surface area contributed by atoms with Gasteiger partial charge in [0.25, 0.3) is 0 Å². The summed E-state index contributed by atoms with van der Waals surface area (Å²) in [5.74, 6) is 0.886. The van der Waals surface area contributed by atoms with Crippen LogP contribution in [0.15, 0.2) is 0 Å². The fourth-order valence-corrected chi connectivity index (χ4v) is 1.15. The molecule has 1 aliphatic carbocycles. The molecule has 0 aromatic carbocycles. The fraction of sp³-hybridized carbons (Fsp3) is 0.900. The Kier molecular flexibility index (Phi) is 4.90. The van der Waals surface area contributed by atoms with Gasteiger partial charge in [-0.25, -0.2) is 0 Å². The van der Waals surface area contributed by atoms with Crippen molar-refractivity contribution in [3.63, 3.8) is 0 Å². The number of carbonyl (C=O) groups excluding carboxylic acids is 1. The minimum Gasteiger partial charge on any atom is -0.355 e. The molecule has 1 rings (SSSR count). The van der Waals surface area contributed by atoms with Gasteiger partial charge in [-0.3, -0.25) is 4.79 Å². The summed E-state index contributed by atoms with van der Waals surface area (Å²) < 4.78 is 0. The van der Waals surface area contributed by atoms with Crippen LogP contribution in [-0.2, 0) is 4.79 Å². The molecule has 4 nitrogen and oxygen atoms in total. The third-order valence-corrected chi connectivity index (χ3v) is 2.31. The largest absolute Gasteiger partial charge is 0.355 e. The van der Waals surface area contributed by atoms with Gasteiger partial charge in [0.2, 0.25) is 5.91 Å². The zero-order valence-electron chi connectivity index (χ0n) is 9.18. The van der Waals surface area contributed by atoms with Crippen molar-refractivity contribution in [2.45, 2.75) is 12.8 Å². The molecule has 82 valence electrons. The van der Waals surface area contributed by atoms with Crippen LogP contribution in [0.5, 0.6) is 0 Å². The molecular weight excluding hydrogens is 178 g/mol. The van der Waals surface area contributed by atoms with Crippen molar-refractivity contribution in [2.75, 3.05) is 40.3 Å². The molecule has 0 radical (unpaired) electrons. The van der Waals surface area contributed by atoms with E-state index in [1.807, 2.05) is 14.1 Å². The zero-order valence-corrected chi connectivity index (χ0v) is 9.18. The minimum atomic E-state index is 0.121. The van der Waals surface area contributed by atoms with Crippen LogP contribution in [0.25, 0.3) is 0 Å². The third-order valence-electron chi connectivity index (χ3n) is 2.31. The van der Waals surface area contributed by atoms with Crippen LogP contribution >= 0.6 is 0 Å². The smallest absolute Gasteiger partial charge is 0.233 e. The molecule has 14 heavy (non-hydrogen) atoms. The van der Waals surface area contributed by atoms with E-state index in [0.29, 0.717) is 6.54 Å². The summed E-state index contributed by atoms with van der Waals surface area (Å²) in [6.07, 6.45) is 2.57. The van der Waals surface area contributed by atoms with Gasteiger partial charge in [-0.15, -0.1) is 0 Å². The average molecular weight is 199 g/mol. The fourth-order valence-electron chi connectivity index (χ4n) is 1.15. The van der Waals surface area contributed by atoms with E-state index in [2.05, 4.69) is 15.5 Å². The van der Waals surface area contributed by atoms with Crippen molar-refractivity contribution in [3.05, 3.63) is 0 Å². The highest BCUT2D eigenvalue weighted by Gasteiger charge is 2.21. The summed E-state index contributed by atoms with van der Waals surface area (Å²) in [7, 11) is 4.05.